The fourth-order valence-corrected chi connectivity index (χ4v) is 2.48. The van der Waals surface area contributed by atoms with Crippen LogP contribution in [0, 0.1) is 0 Å². The van der Waals surface area contributed by atoms with Crippen molar-refractivity contribution in [1.82, 2.24) is 9.88 Å². The molecule has 0 aromatic carbocycles. The van der Waals surface area contributed by atoms with Gasteiger partial charge in [0, 0.05) is 38.5 Å². The summed E-state index contributed by atoms with van der Waals surface area (Å²) >= 11 is 1.91. The molecule has 0 bridgehead atoms. The summed E-state index contributed by atoms with van der Waals surface area (Å²) in [7, 11) is 0. The number of piperazine rings is 1. The lowest BCUT2D eigenvalue weighted by molar-refractivity contribution is 0.273. The van der Waals surface area contributed by atoms with Gasteiger partial charge in [-0.1, -0.05) is 0 Å². The summed E-state index contributed by atoms with van der Waals surface area (Å²) in [6, 6.07) is 3.93. The van der Waals surface area contributed by atoms with Crippen molar-refractivity contribution in [2.45, 2.75) is 0 Å². The van der Waals surface area contributed by atoms with Gasteiger partial charge in [0.25, 0.3) is 0 Å². The molecule has 17 heavy (non-hydrogen) atoms. The van der Waals surface area contributed by atoms with E-state index in [0.717, 1.165) is 26.2 Å². The van der Waals surface area contributed by atoms with Gasteiger partial charge < -0.3 is 10.6 Å². The highest BCUT2D eigenvalue weighted by Crippen LogP contribution is 2.16. The van der Waals surface area contributed by atoms with Crippen LogP contribution in [-0.4, -0.2) is 54.6 Å². The molecule has 0 unspecified atom stereocenters. The Morgan fingerprint density at radius 2 is 2.06 bits per heavy atom. The van der Waals surface area contributed by atoms with Crippen molar-refractivity contribution >= 4 is 23.3 Å². The Bertz CT molecular complexity index is 333. The molecule has 1 aliphatic rings. The number of pyridine rings is 1. The molecule has 5 heteroatoms. The van der Waals surface area contributed by atoms with Gasteiger partial charge in [0.2, 0.25) is 0 Å². The maximum absolute atomic E-state index is 5.59. The monoisotopic (exact) mass is 252 g/mol. The van der Waals surface area contributed by atoms with Gasteiger partial charge in [-0.2, -0.15) is 11.8 Å². The second-order valence-corrected chi connectivity index (χ2v) is 5.25. The number of nitrogens with zero attached hydrogens (tertiary/aromatic N) is 3. The van der Waals surface area contributed by atoms with E-state index < -0.39 is 0 Å². The minimum absolute atomic E-state index is 0.590. The lowest BCUT2D eigenvalue weighted by Gasteiger charge is -2.35. The van der Waals surface area contributed by atoms with E-state index in [1.165, 1.54) is 18.0 Å². The average molecular weight is 252 g/mol. The highest BCUT2D eigenvalue weighted by atomic mass is 32.2. The largest absolute Gasteiger partial charge is 0.384 e. The fourth-order valence-electron chi connectivity index (χ4n) is 2.03. The van der Waals surface area contributed by atoms with E-state index in [2.05, 4.69) is 27.1 Å². The molecular formula is C12H20N4S. The lowest BCUT2D eigenvalue weighted by Crippen LogP contribution is -2.47. The SMILES string of the molecule is CSCCN1CCN(c2ccc(N)nc2)CC1. The first-order valence-corrected chi connectivity index (χ1v) is 7.37. The molecule has 0 saturated carbocycles. The van der Waals surface area contributed by atoms with Gasteiger partial charge in [-0.25, -0.2) is 4.98 Å². The molecular weight excluding hydrogens is 232 g/mol. The summed E-state index contributed by atoms with van der Waals surface area (Å²) in [5.74, 6) is 1.82. The number of anilines is 2. The molecule has 0 spiro atoms. The quantitative estimate of drug-likeness (QED) is 0.871. The number of nitrogen functional groups attached to an aromatic ring is 1. The fraction of sp³-hybridized carbons (Fsp3) is 0.583. The van der Waals surface area contributed by atoms with Gasteiger partial charge >= 0.3 is 0 Å². The normalized spacial score (nSPS) is 17.4. The van der Waals surface area contributed by atoms with E-state index in [1.807, 2.05) is 24.0 Å². The van der Waals surface area contributed by atoms with Crippen molar-refractivity contribution in [3.8, 4) is 0 Å². The van der Waals surface area contributed by atoms with Crippen LogP contribution in [0.25, 0.3) is 0 Å². The Kier molecular flexibility index (Phi) is 4.50. The van der Waals surface area contributed by atoms with Crippen molar-refractivity contribution in [3.05, 3.63) is 18.3 Å². The number of nitrogens with two attached hydrogens (primary N) is 1. The molecule has 94 valence electrons. The third-order valence-corrected chi connectivity index (χ3v) is 3.71. The minimum atomic E-state index is 0.590. The Morgan fingerprint density at radius 1 is 1.29 bits per heavy atom. The van der Waals surface area contributed by atoms with Crippen molar-refractivity contribution in [1.29, 1.82) is 0 Å². The summed E-state index contributed by atoms with van der Waals surface area (Å²) in [4.78, 5) is 9.04. The van der Waals surface area contributed by atoms with Crippen LogP contribution in [0.4, 0.5) is 11.5 Å². The second kappa shape index (κ2) is 6.12. The summed E-state index contributed by atoms with van der Waals surface area (Å²) in [6.45, 7) is 5.66. The van der Waals surface area contributed by atoms with E-state index in [1.54, 1.807) is 0 Å². The number of rotatable bonds is 4. The Hall–Kier alpha value is -0.940. The highest BCUT2D eigenvalue weighted by molar-refractivity contribution is 7.98. The molecule has 0 radical (unpaired) electrons. The van der Waals surface area contributed by atoms with Crippen LogP contribution >= 0.6 is 11.8 Å². The molecule has 2 rings (SSSR count). The zero-order valence-corrected chi connectivity index (χ0v) is 11.1. The van der Waals surface area contributed by atoms with E-state index in [-0.39, 0.29) is 0 Å². The zero-order chi connectivity index (χ0) is 12.1. The third kappa shape index (κ3) is 3.51. The Labute approximate surface area is 107 Å². The van der Waals surface area contributed by atoms with E-state index in [4.69, 9.17) is 5.73 Å². The van der Waals surface area contributed by atoms with Crippen LogP contribution < -0.4 is 10.6 Å². The smallest absolute Gasteiger partial charge is 0.123 e. The average Bonchev–Trinajstić information content (AvgIpc) is 2.38. The topological polar surface area (TPSA) is 45.4 Å². The van der Waals surface area contributed by atoms with Crippen LogP contribution in [0.15, 0.2) is 18.3 Å². The van der Waals surface area contributed by atoms with E-state index in [9.17, 15) is 0 Å². The van der Waals surface area contributed by atoms with Gasteiger partial charge in [-0.05, 0) is 18.4 Å². The van der Waals surface area contributed by atoms with Crippen LogP contribution in [-0.2, 0) is 0 Å². The summed E-state index contributed by atoms with van der Waals surface area (Å²) in [5, 5.41) is 0. The second-order valence-electron chi connectivity index (χ2n) is 4.26. The van der Waals surface area contributed by atoms with Crippen LogP contribution in [0.3, 0.4) is 0 Å². The van der Waals surface area contributed by atoms with Crippen LogP contribution in [0.5, 0.6) is 0 Å². The van der Waals surface area contributed by atoms with Gasteiger partial charge in [0.15, 0.2) is 0 Å². The van der Waals surface area contributed by atoms with Crippen molar-refractivity contribution < 1.29 is 0 Å². The molecule has 2 N–H and O–H groups in total. The summed E-state index contributed by atoms with van der Waals surface area (Å²) in [6.07, 6.45) is 4.03. The molecule has 1 saturated heterocycles. The summed E-state index contributed by atoms with van der Waals surface area (Å²) < 4.78 is 0. The molecule has 1 aromatic rings. The van der Waals surface area contributed by atoms with E-state index >= 15 is 0 Å². The molecule has 1 fully saturated rings. The Morgan fingerprint density at radius 3 is 2.65 bits per heavy atom. The molecule has 1 aromatic heterocycles. The van der Waals surface area contributed by atoms with Gasteiger partial charge in [0.05, 0.1) is 11.9 Å². The predicted octanol–water partition coefficient (Wildman–Crippen LogP) is 1.15. The third-order valence-electron chi connectivity index (χ3n) is 3.12. The van der Waals surface area contributed by atoms with Crippen molar-refractivity contribution in [2.75, 3.05) is 55.4 Å². The zero-order valence-electron chi connectivity index (χ0n) is 10.3. The van der Waals surface area contributed by atoms with Gasteiger partial charge in [-0.15, -0.1) is 0 Å². The number of thioether (sulfide) groups is 1. The van der Waals surface area contributed by atoms with Gasteiger partial charge in [-0.3, -0.25) is 4.90 Å². The predicted molar refractivity (Wildman–Crippen MR) is 75.7 cm³/mol. The molecule has 0 atom stereocenters. The van der Waals surface area contributed by atoms with Crippen molar-refractivity contribution in [2.24, 2.45) is 0 Å². The van der Waals surface area contributed by atoms with E-state index in [0.29, 0.717) is 5.82 Å². The highest BCUT2D eigenvalue weighted by Gasteiger charge is 2.16. The minimum Gasteiger partial charge on any atom is -0.384 e. The van der Waals surface area contributed by atoms with Crippen LogP contribution in [0.1, 0.15) is 0 Å². The molecule has 0 amide bonds. The lowest BCUT2D eigenvalue weighted by atomic mass is 10.2. The summed E-state index contributed by atoms with van der Waals surface area (Å²) in [5.41, 5.74) is 6.78. The number of aromatic nitrogens is 1. The maximum atomic E-state index is 5.59. The Balaban J connectivity index is 1.84. The van der Waals surface area contributed by atoms with Gasteiger partial charge in [0.1, 0.15) is 5.82 Å². The molecule has 2 heterocycles. The number of hydrogen-bond acceptors (Lipinski definition) is 5. The first-order chi connectivity index (χ1) is 8.29. The first-order valence-electron chi connectivity index (χ1n) is 5.97. The maximum Gasteiger partial charge on any atom is 0.123 e. The first kappa shape index (κ1) is 12.5. The van der Waals surface area contributed by atoms with Crippen LogP contribution in [0.2, 0.25) is 0 Å². The number of hydrogen-bond donors (Lipinski definition) is 1. The molecule has 1 aliphatic heterocycles. The van der Waals surface area contributed by atoms with Crippen molar-refractivity contribution in [3.63, 3.8) is 0 Å². The standard InChI is InChI=1S/C12H20N4S/c1-17-9-8-15-4-6-16(7-5-15)11-2-3-12(13)14-10-11/h2-3,10H,4-9H2,1H3,(H2,13,14). The molecule has 0 aliphatic carbocycles. The molecule has 4 nitrogen and oxygen atoms in total.